The maximum atomic E-state index is 10.8. The zero-order valence-corrected chi connectivity index (χ0v) is 12.9. The molecule has 0 spiro atoms. The summed E-state index contributed by atoms with van der Waals surface area (Å²) in [5.41, 5.74) is 0.489. The highest BCUT2D eigenvalue weighted by Gasteiger charge is 2.05. The van der Waals surface area contributed by atoms with Crippen molar-refractivity contribution in [2.75, 3.05) is 26.2 Å². The van der Waals surface area contributed by atoms with Crippen molar-refractivity contribution in [1.29, 1.82) is 0 Å². The van der Waals surface area contributed by atoms with Gasteiger partial charge in [-0.3, -0.25) is 0 Å². The van der Waals surface area contributed by atoms with Crippen LogP contribution in [0.1, 0.15) is 47.0 Å². The molecule has 0 rings (SSSR count). The third kappa shape index (κ3) is 8.78. The lowest BCUT2D eigenvalue weighted by Gasteiger charge is -2.19. The number of carboxylic acids is 1. The standard InChI is InChI=1S/C15H30N2O2/c1-5-14(15(18)19)10-11-16-13(4)9-8-12-17(6-2)7-3/h10,13,16H,5-9,11-12H2,1-4H3,(H,18,19)/b14-10-. The number of nitrogens with zero attached hydrogens (tertiary/aromatic N) is 1. The van der Waals surface area contributed by atoms with Gasteiger partial charge in [-0.1, -0.05) is 26.8 Å². The van der Waals surface area contributed by atoms with E-state index in [4.69, 9.17) is 5.11 Å². The zero-order chi connectivity index (χ0) is 14.7. The fraction of sp³-hybridized carbons (Fsp3) is 0.800. The molecule has 0 aromatic heterocycles. The quantitative estimate of drug-likeness (QED) is 0.566. The number of nitrogens with one attached hydrogen (secondary N) is 1. The first-order chi connectivity index (χ1) is 9.04. The van der Waals surface area contributed by atoms with E-state index in [2.05, 4.69) is 31.0 Å². The smallest absolute Gasteiger partial charge is 0.331 e. The molecule has 0 aromatic rings. The highest BCUT2D eigenvalue weighted by atomic mass is 16.4. The molecule has 0 bridgehead atoms. The highest BCUT2D eigenvalue weighted by Crippen LogP contribution is 2.01. The van der Waals surface area contributed by atoms with Crippen molar-refractivity contribution in [2.24, 2.45) is 0 Å². The van der Waals surface area contributed by atoms with Crippen LogP contribution in [0.15, 0.2) is 11.6 Å². The molecule has 19 heavy (non-hydrogen) atoms. The Labute approximate surface area is 117 Å². The molecule has 0 fully saturated rings. The first-order valence-corrected chi connectivity index (χ1v) is 7.43. The van der Waals surface area contributed by atoms with Gasteiger partial charge >= 0.3 is 5.97 Å². The molecule has 4 nitrogen and oxygen atoms in total. The predicted molar refractivity (Wildman–Crippen MR) is 80.5 cm³/mol. The highest BCUT2D eigenvalue weighted by molar-refractivity contribution is 5.86. The van der Waals surface area contributed by atoms with Crippen molar-refractivity contribution in [3.8, 4) is 0 Å². The Balaban J connectivity index is 3.81. The van der Waals surface area contributed by atoms with Gasteiger partial charge < -0.3 is 15.3 Å². The lowest BCUT2D eigenvalue weighted by molar-refractivity contribution is -0.132. The second kappa shape index (κ2) is 11.0. The third-order valence-corrected chi connectivity index (χ3v) is 3.48. The normalized spacial score (nSPS) is 13.8. The Hall–Kier alpha value is -0.870. The molecule has 1 unspecified atom stereocenters. The summed E-state index contributed by atoms with van der Waals surface area (Å²) in [6, 6.07) is 0.429. The van der Waals surface area contributed by atoms with Gasteiger partial charge in [-0.15, -0.1) is 0 Å². The van der Waals surface area contributed by atoms with Crippen molar-refractivity contribution in [3.05, 3.63) is 11.6 Å². The van der Waals surface area contributed by atoms with Gasteiger partial charge in [0, 0.05) is 18.2 Å². The molecule has 0 radical (unpaired) electrons. The van der Waals surface area contributed by atoms with Gasteiger partial charge in [-0.25, -0.2) is 4.79 Å². The third-order valence-electron chi connectivity index (χ3n) is 3.48. The molecular weight excluding hydrogens is 240 g/mol. The molecule has 0 aliphatic carbocycles. The Morgan fingerprint density at radius 2 is 1.95 bits per heavy atom. The van der Waals surface area contributed by atoms with Gasteiger partial charge in [0.25, 0.3) is 0 Å². The van der Waals surface area contributed by atoms with Crippen LogP contribution < -0.4 is 5.32 Å². The molecule has 4 heteroatoms. The average Bonchev–Trinajstić information content (AvgIpc) is 2.39. The molecule has 1 atom stereocenters. The van der Waals surface area contributed by atoms with Crippen molar-refractivity contribution < 1.29 is 9.90 Å². The van der Waals surface area contributed by atoms with E-state index in [0.717, 1.165) is 26.1 Å². The van der Waals surface area contributed by atoms with E-state index in [0.29, 0.717) is 24.6 Å². The van der Waals surface area contributed by atoms with E-state index >= 15 is 0 Å². The first-order valence-electron chi connectivity index (χ1n) is 7.43. The molecule has 0 aliphatic heterocycles. The molecule has 0 aliphatic rings. The molecule has 0 aromatic carbocycles. The molecule has 0 saturated carbocycles. The summed E-state index contributed by atoms with van der Waals surface area (Å²) < 4.78 is 0. The summed E-state index contributed by atoms with van der Waals surface area (Å²) in [5.74, 6) is -0.807. The minimum atomic E-state index is -0.807. The Bertz CT molecular complexity index is 273. The van der Waals surface area contributed by atoms with Gasteiger partial charge in [-0.2, -0.15) is 0 Å². The van der Waals surface area contributed by atoms with E-state index in [1.807, 2.05) is 6.92 Å². The van der Waals surface area contributed by atoms with E-state index in [1.165, 1.54) is 6.42 Å². The number of hydrogen-bond acceptors (Lipinski definition) is 3. The number of rotatable bonds is 11. The van der Waals surface area contributed by atoms with Gasteiger partial charge in [0.05, 0.1) is 0 Å². The predicted octanol–water partition coefficient (Wildman–Crippen LogP) is 2.51. The van der Waals surface area contributed by atoms with Crippen LogP contribution in [0.5, 0.6) is 0 Å². The van der Waals surface area contributed by atoms with Gasteiger partial charge in [0.2, 0.25) is 0 Å². The summed E-state index contributed by atoms with van der Waals surface area (Å²) in [5, 5.41) is 12.2. The number of carbonyl (C=O) groups is 1. The largest absolute Gasteiger partial charge is 0.478 e. The van der Waals surface area contributed by atoms with Crippen molar-refractivity contribution in [2.45, 2.75) is 53.0 Å². The van der Waals surface area contributed by atoms with Crippen LogP contribution in [-0.2, 0) is 4.79 Å². The van der Waals surface area contributed by atoms with Crippen LogP contribution in [0, 0.1) is 0 Å². The fourth-order valence-electron chi connectivity index (χ4n) is 2.03. The van der Waals surface area contributed by atoms with Crippen LogP contribution in [0.3, 0.4) is 0 Å². The molecule has 0 amide bonds. The van der Waals surface area contributed by atoms with Crippen molar-refractivity contribution in [1.82, 2.24) is 10.2 Å². The molecule has 0 saturated heterocycles. The van der Waals surface area contributed by atoms with Crippen LogP contribution in [-0.4, -0.2) is 48.2 Å². The molecular formula is C15H30N2O2. The van der Waals surface area contributed by atoms with Crippen molar-refractivity contribution in [3.63, 3.8) is 0 Å². The van der Waals surface area contributed by atoms with Gasteiger partial charge in [0.1, 0.15) is 0 Å². The van der Waals surface area contributed by atoms with Crippen LogP contribution in [0.2, 0.25) is 0 Å². The van der Waals surface area contributed by atoms with Crippen LogP contribution in [0.25, 0.3) is 0 Å². The number of aliphatic carboxylic acids is 1. The number of hydrogen-bond donors (Lipinski definition) is 2. The summed E-state index contributed by atoms with van der Waals surface area (Å²) in [6.07, 6.45) is 4.66. The Kier molecular flexibility index (Phi) is 10.5. The minimum absolute atomic E-state index is 0.429. The van der Waals surface area contributed by atoms with E-state index in [-0.39, 0.29) is 0 Å². The maximum absolute atomic E-state index is 10.8. The molecule has 2 N–H and O–H groups in total. The zero-order valence-electron chi connectivity index (χ0n) is 12.9. The first kappa shape index (κ1) is 18.1. The van der Waals surface area contributed by atoms with E-state index in [1.54, 1.807) is 6.08 Å². The second-order valence-corrected chi connectivity index (χ2v) is 4.87. The summed E-state index contributed by atoms with van der Waals surface area (Å²) in [6.45, 7) is 12.4. The number of carboxylic acid groups (broad SMARTS) is 1. The average molecular weight is 270 g/mol. The van der Waals surface area contributed by atoms with Crippen molar-refractivity contribution >= 4 is 5.97 Å². The topological polar surface area (TPSA) is 52.6 Å². The van der Waals surface area contributed by atoms with E-state index < -0.39 is 5.97 Å². The minimum Gasteiger partial charge on any atom is -0.478 e. The summed E-state index contributed by atoms with van der Waals surface area (Å²) in [7, 11) is 0. The van der Waals surface area contributed by atoms with E-state index in [9.17, 15) is 4.79 Å². The molecule has 112 valence electrons. The lowest BCUT2D eigenvalue weighted by Crippen LogP contribution is -2.29. The van der Waals surface area contributed by atoms with Gasteiger partial charge in [0.15, 0.2) is 0 Å². The lowest BCUT2D eigenvalue weighted by atomic mass is 10.1. The summed E-state index contributed by atoms with van der Waals surface area (Å²) in [4.78, 5) is 13.2. The Morgan fingerprint density at radius 3 is 2.42 bits per heavy atom. The SMILES string of the molecule is CC/C(=C/CNC(C)CCCN(CC)CC)C(=O)O. The second-order valence-electron chi connectivity index (χ2n) is 4.87. The monoisotopic (exact) mass is 270 g/mol. The Morgan fingerprint density at radius 1 is 1.32 bits per heavy atom. The van der Waals surface area contributed by atoms with Crippen LogP contribution >= 0.6 is 0 Å². The summed E-state index contributed by atoms with van der Waals surface area (Å²) >= 11 is 0. The molecule has 0 heterocycles. The van der Waals surface area contributed by atoms with Gasteiger partial charge in [-0.05, 0) is 45.8 Å². The maximum Gasteiger partial charge on any atom is 0.331 e. The fourth-order valence-corrected chi connectivity index (χ4v) is 2.03. The van der Waals surface area contributed by atoms with Crippen LogP contribution in [0.4, 0.5) is 0 Å².